The van der Waals surface area contributed by atoms with E-state index in [9.17, 15) is 13.2 Å². The van der Waals surface area contributed by atoms with Gasteiger partial charge in [0.1, 0.15) is 28.3 Å². The highest BCUT2D eigenvalue weighted by Gasteiger charge is 2.56. The molecule has 38 heavy (non-hydrogen) atoms. The van der Waals surface area contributed by atoms with Crippen LogP contribution in [-0.4, -0.2) is 32.9 Å². The van der Waals surface area contributed by atoms with E-state index in [1.807, 2.05) is 20.8 Å². The number of hydrogen-bond acceptors (Lipinski definition) is 5. The van der Waals surface area contributed by atoms with Gasteiger partial charge >= 0.3 is 0 Å². The Labute approximate surface area is 232 Å². The van der Waals surface area contributed by atoms with E-state index >= 15 is 4.39 Å². The van der Waals surface area contributed by atoms with Gasteiger partial charge in [0.25, 0.3) is 15.9 Å². The van der Waals surface area contributed by atoms with Gasteiger partial charge < -0.3 is 9.47 Å². The number of nitrogens with zero attached hydrogens (tertiary/aromatic N) is 1. The molecule has 0 saturated carbocycles. The first-order valence-electron chi connectivity index (χ1n) is 11.9. The van der Waals surface area contributed by atoms with Crippen molar-refractivity contribution in [2.75, 3.05) is 17.3 Å². The summed E-state index contributed by atoms with van der Waals surface area (Å²) in [4.78, 5) is 14.2. The van der Waals surface area contributed by atoms with Crippen LogP contribution in [0.1, 0.15) is 44.7 Å². The number of halogens is 3. The zero-order valence-corrected chi connectivity index (χ0v) is 23.8. The first-order chi connectivity index (χ1) is 17.9. The van der Waals surface area contributed by atoms with E-state index in [0.29, 0.717) is 12.2 Å². The first-order valence-corrected chi connectivity index (χ1v) is 14.3. The maximum atomic E-state index is 15.3. The average Bonchev–Trinajstić information content (AvgIpc) is 3.09. The third kappa shape index (κ3) is 4.85. The van der Waals surface area contributed by atoms with Crippen molar-refractivity contribution >= 4 is 44.8 Å². The van der Waals surface area contributed by atoms with E-state index in [0.717, 1.165) is 4.31 Å². The number of ether oxygens (including phenoxy) is 2. The lowest BCUT2D eigenvalue weighted by molar-refractivity contribution is -0.121. The topological polar surface area (TPSA) is 72.9 Å². The van der Waals surface area contributed by atoms with Crippen LogP contribution in [0.25, 0.3) is 0 Å². The maximum absolute atomic E-state index is 15.3. The molecule has 1 unspecified atom stereocenters. The fraction of sp³-hybridized carbons (Fsp3) is 0.321. The van der Waals surface area contributed by atoms with Crippen LogP contribution in [0, 0.1) is 5.82 Å². The van der Waals surface area contributed by atoms with Gasteiger partial charge in [0.2, 0.25) is 0 Å². The average molecular weight is 581 g/mol. The van der Waals surface area contributed by atoms with Crippen LogP contribution in [0.3, 0.4) is 0 Å². The van der Waals surface area contributed by atoms with Gasteiger partial charge in [-0.3, -0.25) is 4.79 Å². The van der Waals surface area contributed by atoms with Gasteiger partial charge in [0.15, 0.2) is 0 Å². The molecule has 1 heterocycles. The minimum Gasteiger partial charge on any atom is -0.495 e. The molecule has 1 aliphatic heterocycles. The number of alkyl halides is 1. The molecular weight excluding hydrogens is 552 g/mol. The molecule has 3 aromatic rings. The molecule has 1 aliphatic rings. The number of amides is 1. The zero-order chi connectivity index (χ0) is 27.9. The second-order valence-electron chi connectivity index (χ2n) is 9.94. The smallest absolute Gasteiger partial charge is 0.270 e. The highest BCUT2D eigenvalue weighted by Crippen LogP contribution is 2.53. The molecule has 0 radical (unpaired) electrons. The molecule has 0 saturated heterocycles. The van der Waals surface area contributed by atoms with E-state index in [4.69, 9.17) is 32.7 Å². The largest absolute Gasteiger partial charge is 0.495 e. The molecule has 6 nitrogen and oxygen atoms in total. The molecule has 0 N–H and O–H groups in total. The summed E-state index contributed by atoms with van der Waals surface area (Å²) in [7, 11) is -3.06. The summed E-state index contributed by atoms with van der Waals surface area (Å²) in [5, 5.41) is 0.161. The minimum atomic E-state index is -4.44. The summed E-state index contributed by atoms with van der Waals surface area (Å²) >= 11 is 12.5. The van der Waals surface area contributed by atoms with Crippen LogP contribution in [-0.2, 0) is 20.2 Å². The molecule has 4 rings (SSSR count). The quantitative estimate of drug-likeness (QED) is 0.277. The van der Waals surface area contributed by atoms with Crippen molar-refractivity contribution in [2.24, 2.45) is 0 Å². The molecule has 0 aliphatic carbocycles. The van der Waals surface area contributed by atoms with Crippen molar-refractivity contribution in [3.05, 3.63) is 82.6 Å². The zero-order valence-electron chi connectivity index (χ0n) is 21.4. The Hall–Kier alpha value is -2.81. The van der Waals surface area contributed by atoms with Gasteiger partial charge in [-0.05, 0) is 75.6 Å². The van der Waals surface area contributed by atoms with Crippen LogP contribution < -0.4 is 13.8 Å². The summed E-state index contributed by atoms with van der Waals surface area (Å²) in [5.41, 5.74) is -1.80. The fourth-order valence-corrected chi connectivity index (χ4v) is 6.61. The molecule has 10 heteroatoms. The predicted octanol–water partition coefficient (Wildman–Crippen LogP) is 6.71. The Balaban J connectivity index is 1.95. The Kier molecular flexibility index (Phi) is 7.72. The second-order valence-corrected chi connectivity index (χ2v) is 12.5. The fourth-order valence-electron chi connectivity index (χ4n) is 4.76. The summed E-state index contributed by atoms with van der Waals surface area (Å²) in [6.07, 6.45) is 0.383. The second kappa shape index (κ2) is 10.4. The summed E-state index contributed by atoms with van der Waals surface area (Å²) < 4.78 is 55.3. The minimum absolute atomic E-state index is 0.0455. The van der Waals surface area contributed by atoms with Gasteiger partial charge in [-0.25, -0.2) is 17.1 Å². The standard InChI is InChI=1S/C28H28Cl2FNO5S/c1-27(2,3)37-18-10-12-19(13-11-18)38(34,35)32-24-17-25(36-4)22(30)16-21(24)28(26(32)33,14-7-15-29)20-8-5-6-9-23(20)31/h5-6,8-13,16-17H,7,14-15H2,1-4H3. The van der Waals surface area contributed by atoms with Crippen LogP contribution in [0.15, 0.2) is 65.6 Å². The van der Waals surface area contributed by atoms with E-state index < -0.39 is 32.8 Å². The van der Waals surface area contributed by atoms with Gasteiger partial charge in [-0.1, -0.05) is 29.8 Å². The lowest BCUT2D eigenvalue weighted by Gasteiger charge is -2.29. The first kappa shape index (κ1) is 28.2. The van der Waals surface area contributed by atoms with E-state index in [1.165, 1.54) is 61.7 Å². The third-order valence-corrected chi connectivity index (χ3v) is 8.58. The predicted molar refractivity (Wildman–Crippen MR) is 147 cm³/mol. The molecule has 0 spiro atoms. The summed E-state index contributed by atoms with van der Waals surface area (Å²) in [6, 6.07) is 14.5. The summed E-state index contributed by atoms with van der Waals surface area (Å²) in [5.74, 6) is -0.627. The maximum Gasteiger partial charge on any atom is 0.270 e. The molecule has 1 atom stereocenters. The number of anilines is 1. The Morgan fingerprint density at radius 2 is 1.68 bits per heavy atom. The van der Waals surface area contributed by atoms with Crippen molar-refractivity contribution in [1.29, 1.82) is 0 Å². The summed E-state index contributed by atoms with van der Waals surface area (Å²) in [6.45, 7) is 5.62. The van der Waals surface area contributed by atoms with Gasteiger partial charge in [0.05, 0.1) is 22.7 Å². The molecule has 3 aromatic carbocycles. The van der Waals surface area contributed by atoms with Crippen molar-refractivity contribution < 1.29 is 27.1 Å². The van der Waals surface area contributed by atoms with Crippen LogP contribution in [0.5, 0.6) is 11.5 Å². The third-order valence-electron chi connectivity index (χ3n) is 6.30. The van der Waals surface area contributed by atoms with E-state index in [2.05, 4.69) is 0 Å². The van der Waals surface area contributed by atoms with Gasteiger partial charge in [-0.2, -0.15) is 0 Å². The molecule has 0 bridgehead atoms. The van der Waals surface area contributed by atoms with Crippen molar-refractivity contribution in [3.8, 4) is 11.5 Å². The number of methoxy groups -OCH3 is 1. The van der Waals surface area contributed by atoms with Crippen LogP contribution in [0.4, 0.5) is 10.1 Å². The Morgan fingerprint density at radius 3 is 2.26 bits per heavy atom. The molecule has 202 valence electrons. The van der Waals surface area contributed by atoms with E-state index in [-0.39, 0.29) is 44.8 Å². The number of carbonyl (C=O) groups is 1. The highest BCUT2D eigenvalue weighted by atomic mass is 35.5. The highest BCUT2D eigenvalue weighted by molar-refractivity contribution is 7.93. The molecule has 0 fully saturated rings. The molecular formula is C28H28Cl2FNO5S. The lowest BCUT2D eigenvalue weighted by atomic mass is 9.72. The van der Waals surface area contributed by atoms with Crippen molar-refractivity contribution in [1.82, 2.24) is 0 Å². The molecule has 0 aromatic heterocycles. The number of benzene rings is 3. The molecule has 1 amide bonds. The number of sulfonamides is 1. The van der Waals surface area contributed by atoms with Crippen LogP contribution >= 0.6 is 23.2 Å². The van der Waals surface area contributed by atoms with Gasteiger partial charge in [-0.15, -0.1) is 11.6 Å². The number of carbonyl (C=O) groups excluding carboxylic acids is 1. The van der Waals surface area contributed by atoms with Crippen molar-refractivity contribution in [2.45, 2.75) is 49.5 Å². The number of hydrogen-bond donors (Lipinski definition) is 0. The van der Waals surface area contributed by atoms with E-state index in [1.54, 1.807) is 6.07 Å². The number of rotatable bonds is 8. The van der Waals surface area contributed by atoms with Crippen molar-refractivity contribution in [3.63, 3.8) is 0 Å². The lowest BCUT2D eigenvalue weighted by Crippen LogP contribution is -2.44. The Bertz CT molecular complexity index is 1470. The number of fused-ring (bicyclic) bond motifs is 1. The normalized spacial score (nSPS) is 17.4. The monoisotopic (exact) mass is 579 g/mol. The Morgan fingerprint density at radius 1 is 1.03 bits per heavy atom. The SMILES string of the molecule is COc1cc2c(cc1Cl)C(CCCCl)(c1ccccc1F)C(=O)N2S(=O)(=O)c1ccc(OC(C)(C)C)cc1. The van der Waals surface area contributed by atoms with Gasteiger partial charge in [0, 0.05) is 17.5 Å². The van der Waals surface area contributed by atoms with Crippen LogP contribution in [0.2, 0.25) is 5.02 Å².